The van der Waals surface area contributed by atoms with Crippen LogP contribution in [0.5, 0.6) is 0 Å². The Morgan fingerprint density at radius 2 is 1.96 bits per heavy atom. The molecule has 1 saturated carbocycles. The Labute approximate surface area is 137 Å². The Hall–Kier alpha value is -2.10. The molecule has 0 aliphatic heterocycles. The molecule has 0 saturated heterocycles. The van der Waals surface area contributed by atoms with E-state index in [0.29, 0.717) is 30.3 Å². The van der Waals surface area contributed by atoms with Crippen molar-refractivity contribution in [3.63, 3.8) is 0 Å². The van der Waals surface area contributed by atoms with Gasteiger partial charge in [0.05, 0.1) is 5.69 Å². The molecule has 4 heteroatoms. The number of hydrogen-bond donors (Lipinski definition) is 1. The molecule has 0 bridgehead atoms. The minimum absolute atomic E-state index is 0.0540. The standard InChI is InChI=1S/C19H24N2O2/c1-3-16-21-14(2)17(23-16)18(22)20-13-19(11-7-8-12-19)15-9-5-4-6-10-15/h4-6,9-10H,3,7-8,11-13H2,1-2H3,(H,20,22). The molecule has 1 heterocycles. The third-order valence-corrected chi connectivity index (χ3v) is 4.88. The topological polar surface area (TPSA) is 55.1 Å². The number of oxazole rings is 1. The van der Waals surface area contributed by atoms with Crippen LogP contribution in [0.1, 0.15) is 60.3 Å². The van der Waals surface area contributed by atoms with Crippen LogP contribution in [0.25, 0.3) is 0 Å². The zero-order valence-corrected chi connectivity index (χ0v) is 13.9. The van der Waals surface area contributed by atoms with Gasteiger partial charge in [0.15, 0.2) is 5.89 Å². The number of carbonyl (C=O) groups excluding carboxylic acids is 1. The van der Waals surface area contributed by atoms with E-state index in [9.17, 15) is 4.79 Å². The number of amides is 1. The molecular weight excluding hydrogens is 288 g/mol. The quantitative estimate of drug-likeness (QED) is 0.914. The van der Waals surface area contributed by atoms with Crippen molar-refractivity contribution in [2.75, 3.05) is 6.54 Å². The fourth-order valence-electron chi connectivity index (χ4n) is 3.55. The van der Waals surface area contributed by atoms with Crippen molar-refractivity contribution in [2.24, 2.45) is 0 Å². The largest absolute Gasteiger partial charge is 0.435 e. The van der Waals surface area contributed by atoms with E-state index in [0.717, 1.165) is 12.8 Å². The summed E-state index contributed by atoms with van der Waals surface area (Å²) in [5, 5.41) is 3.09. The van der Waals surface area contributed by atoms with Crippen molar-refractivity contribution in [3.8, 4) is 0 Å². The van der Waals surface area contributed by atoms with Gasteiger partial charge in [-0.1, -0.05) is 50.1 Å². The zero-order chi connectivity index (χ0) is 16.3. The monoisotopic (exact) mass is 312 g/mol. The molecule has 2 aromatic rings. The molecule has 0 spiro atoms. The second-order valence-electron chi connectivity index (χ2n) is 6.41. The maximum atomic E-state index is 12.5. The molecule has 0 radical (unpaired) electrons. The highest BCUT2D eigenvalue weighted by atomic mass is 16.4. The molecule has 122 valence electrons. The van der Waals surface area contributed by atoms with E-state index >= 15 is 0 Å². The van der Waals surface area contributed by atoms with Crippen molar-refractivity contribution < 1.29 is 9.21 Å². The smallest absolute Gasteiger partial charge is 0.289 e. The Bertz CT molecular complexity index is 670. The Kier molecular flexibility index (Phi) is 4.51. The predicted molar refractivity (Wildman–Crippen MR) is 89.5 cm³/mol. The fourth-order valence-corrected chi connectivity index (χ4v) is 3.55. The van der Waals surface area contributed by atoms with Gasteiger partial charge >= 0.3 is 0 Å². The molecule has 0 atom stereocenters. The molecule has 1 fully saturated rings. The van der Waals surface area contributed by atoms with E-state index in [2.05, 4.69) is 34.6 Å². The molecule has 0 unspecified atom stereocenters. The van der Waals surface area contributed by atoms with Gasteiger partial charge in [-0.3, -0.25) is 4.79 Å². The van der Waals surface area contributed by atoms with Crippen molar-refractivity contribution in [2.45, 2.75) is 51.4 Å². The van der Waals surface area contributed by atoms with Crippen LogP contribution in [0.2, 0.25) is 0 Å². The summed E-state index contributed by atoms with van der Waals surface area (Å²) < 4.78 is 5.56. The van der Waals surface area contributed by atoms with Crippen LogP contribution in [-0.4, -0.2) is 17.4 Å². The SMILES string of the molecule is CCc1nc(C)c(C(=O)NCC2(c3ccccc3)CCCC2)o1. The third kappa shape index (κ3) is 3.16. The predicted octanol–water partition coefficient (Wildman–Crippen LogP) is 3.79. The van der Waals surface area contributed by atoms with Crippen LogP contribution in [0, 0.1) is 6.92 Å². The fraction of sp³-hybridized carbons (Fsp3) is 0.474. The lowest BCUT2D eigenvalue weighted by atomic mass is 9.79. The van der Waals surface area contributed by atoms with Gasteiger partial charge in [-0.25, -0.2) is 4.98 Å². The molecule has 1 aromatic heterocycles. The molecule has 4 nitrogen and oxygen atoms in total. The number of rotatable bonds is 5. The lowest BCUT2D eigenvalue weighted by Crippen LogP contribution is -2.39. The molecule has 3 rings (SSSR count). The Morgan fingerprint density at radius 1 is 1.26 bits per heavy atom. The second kappa shape index (κ2) is 6.57. The molecule has 1 aliphatic rings. The summed E-state index contributed by atoms with van der Waals surface area (Å²) in [5.41, 5.74) is 2.04. The van der Waals surface area contributed by atoms with Gasteiger partial charge in [-0.05, 0) is 25.3 Å². The summed E-state index contributed by atoms with van der Waals surface area (Å²) in [6.45, 7) is 4.44. The molecule has 1 aromatic carbocycles. The van der Waals surface area contributed by atoms with Gasteiger partial charge in [-0.2, -0.15) is 0 Å². The summed E-state index contributed by atoms with van der Waals surface area (Å²) in [7, 11) is 0. The molecule has 23 heavy (non-hydrogen) atoms. The maximum absolute atomic E-state index is 12.5. The van der Waals surface area contributed by atoms with E-state index in [1.807, 2.05) is 19.9 Å². The van der Waals surface area contributed by atoms with Gasteiger partial charge < -0.3 is 9.73 Å². The summed E-state index contributed by atoms with van der Waals surface area (Å²) in [5.74, 6) is 0.811. The average molecular weight is 312 g/mol. The minimum Gasteiger partial charge on any atom is -0.435 e. The van der Waals surface area contributed by atoms with Crippen LogP contribution in [0.4, 0.5) is 0 Å². The van der Waals surface area contributed by atoms with Gasteiger partial charge in [0.2, 0.25) is 5.76 Å². The highest BCUT2D eigenvalue weighted by Crippen LogP contribution is 2.40. The van der Waals surface area contributed by atoms with Crippen LogP contribution < -0.4 is 5.32 Å². The molecular formula is C19H24N2O2. The summed E-state index contributed by atoms with van der Waals surface area (Å²) in [6.07, 6.45) is 5.36. The van der Waals surface area contributed by atoms with Gasteiger partial charge in [0.1, 0.15) is 0 Å². The van der Waals surface area contributed by atoms with Crippen LogP contribution in [-0.2, 0) is 11.8 Å². The first-order valence-corrected chi connectivity index (χ1v) is 8.45. The van der Waals surface area contributed by atoms with Crippen LogP contribution >= 0.6 is 0 Å². The lowest BCUT2D eigenvalue weighted by molar-refractivity contribution is 0.0912. The van der Waals surface area contributed by atoms with E-state index in [4.69, 9.17) is 4.42 Å². The second-order valence-corrected chi connectivity index (χ2v) is 6.41. The van der Waals surface area contributed by atoms with Crippen molar-refractivity contribution in [1.82, 2.24) is 10.3 Å². The van der Waals surface area contributed by atoms with Crippen molar-refractivity contribution in [1.29, 1.82) is 0 Å². The maximum Gasteiger partial charge on any atom is 0.289 e. The van der Waals surface area contributed by atoms with E-state index in [-0.39, 0.29) is 11.3 Å². The van der Waals surface area contributed by atoms with E-state index in [1.165, 1.54) is 18.4 Å². The van der Waals surface area contributed by atoms with Gasteiger partial charge in [0.25, 0.3) is 5.91 Å². The first-order chi connectivity index (χ1) is 11.1. The zero-order valence-electron chi connectivity index (χ0n) is 13.9. The lowest BCUT2D eigenvalue weighted by Gasteiger charge is -2.29. The van der Waals surface area contributed by atoms with Crippen LogP contribution in [0.3, 0.4) is 0 Å². The first-order valence-electron chi connectivity index (χ1n) is 8.45. The normalized spacial score (nSPS) is 16.4. The summed E-state index contributed by atoms with van der Waals surface area (Å²) >= 11 is 0. The number of aryl methyl sites for hydroxylation is 2. The highest BCUT2D eigenvalue weighted by Gasteiger charge is 2.36. The third-order valence-electron chi connectivity index (χ3n) is 4.88. The molecule has 1 N–H and O–H groups in total. The Balaban J connectivity index is 1.75. The minimum atomic E-state index is -0.156. The molecule has 1 aliphatic carbocycles. The first kappa shape index (κ1) is 15.8. The number of aromatic nitrogens is 1. The van der Waals surface area contributed by atoms with Crippen LogP contribution in [0.15, 0.2) is 34.7 Å². The van der Waals surface area contributed by atoms with E-state index < -0.39 is 0 Å². The number of benzene rings is 1. The summed E-state index contributed by atoms with van der Waals surface area (Å²) in [4.78, 5) is 16.8. The summed E-state index contributed by atoms with van der Waals surface area (Å²) in [6, 6.07) is 10.5. The number of hydrogen-bond acceptors (Lipinski definition) is 3. The highest BCUT2D eigenvalue weighted by molar-refractivity contribution is 5.92. The number of carbonyl (C=O) groups is 1. The van der Waals surface area contributed by atoms with Crippen molar-refractivity contribution in [3.05, 3.63) is 53.2 Å². The molecule has 1 amide bonds. The van der Waals surface area contributed by atoms with Gasteiger partial charge in [-0.15, -0.1) is 0 Å². The average Bonchev–Trinajstić information content (AvgIpc) is 3.21. The number of nitrogens with one attached hydrogen (secondary N) is 1. The number of nitrogens with zero attached hydrogens (tertiary/aromatic N) is 1. The van der Waals surface area contributed by atoms with E-state index in [1.54, 1.807) is 0 Å². The van der Waals surface area contributed by atoms with Gasteiger partial charge in [0, 0.05) is 18.4 Å². The van der Waals surface area contributed by atoms with Crippen molar-refractivity contribution >= 4 is 5.91 Å². The Morgan fingerprint density at radius 3 is 2.57 bits per heavy atom.